The number of benzene rings is 2. The number of hydrogen-bond donors (Lipinski definition) is 0. The third kappa shape index (κ3) is 4.43. The summed E-state index contributed by atoms with van der Waals surface area (Å²) < 4.78 is 22.2. The van der Waals surface area contributed by atoms with Crippen LogP contribution in [0.3, 0.4) is 0 Å². The average molecular weight is 396 g/mol. The summed E-state index contributed by atoms with van der Waals surface area (Å²) in [6.07, 6.45) is 2.07. The van der Waals surface area contributed by atoms with E-state index in [1.54, 1.807) is 0 Å². The van der Waals surface area contributed by atoms with E-state index in [-0.39, 0.29) is 0 Å². The molecule has 1 fully saturated rings. The molecule has 0 atom stereocenters. The van der Waals surface area contributed by atoms with E-state index >= 15 is 0 Å². The number of piperazine rings is 1. The lowest BCUT2D eigenvalue weighted by atomic mass is 10.1. The van der Waals surface area contributed by atoms with E-state index in [2.05, 4.69) is 28.0 Å². The first-order valence-electron chi connectivity index (χ1n) is 10.6. The van der Waals surface area contributed by atoms with Crippen LogP contribution >= 0.6 is 0 Å². The van der Waals surface area contributed by atoms with Crippen molar-refractivity contribution in [3.05, 3.63) is 47.5 Å². The molecule has 0 amide bonds. The molecule has 6 heteroatoms. The lowest BCUT2D eigenvalue weighted by Crippen LogP contribution is -2.46. The third-order valence-electron chi connectivity index (χ3n) is 5.86. The molecule has 0 aliphatic carbocycles. The highest BCUT2D eigenvalue weighted by molar-refractivity contribution is 5.46. The normalized spacial score (nSPS) is 18.5. The van der Waals surface area contributed by atoms with Crippen LogP contribution in [0, 0.1) is 0 Å². The average Bonchev–Trinajstić information content (AvgIpc) is 3.41. The maximum absolute atomic E-state index is 5.88. The first-order valence-corrected chi connectivity index (χ1v) is 10.6. The molecular weight excluding hydrogens is 368 g/mol. The van der Waals surface area contributed by atoms with Gasteiger partial charge in [-0.15, -0.1) is 0 Å². The smallest absolute Gasteiger partial charge is 0.231 e. The molecule has 2 aromatic carbocycles. The predicted octanol–water partition coefficient (Wildman–Crippen LogP) is 2.94. The van der Waals surface area contributed by atoms with Crippen molar-refractivity contribution < 1.29 is 18.9 Å². The molecule has 0 saturated carbocycles. The second-order valence-electron chi connectivity index (χ2n) is 7.88. The maximum Gasteiger partial charge on any atom is 0.231 e. The van der Waals surface area contributed by atoms with Crippen molar-refractivity contribution in [2.45, 2.75) is 19.4 Å². The summed E-state index contributed by atoms with van der Waals surface area (Å²) in [4.78, 5) is 5.09. The topological polar surface area (TPSA) is 43.4 Å². The van der Waals surface area contributed by atoms with E-state index in [0.717, 1.165) is 88.3 Å². The molecule has 154 valence electrons. The molecule has 3 aliphatic rings. The van der Waals surface area contributed by atoms with E-state index in [0.29, 0.717) is 6.79 Å². The fraction of sp³-hybridized carbons (Fsp3) is 0.478. The first kappa shape index (κ1) is 18.6. The van der Waals surface area contributed by atoms with Crippen LogP contribution in [0.25, 0.3) is 0 Å². The zero-order valence-electron chi connectivity index (χ0n) is 16.8. The van der Waals surface area contributed by atoms with Gasteiger partial charge in [-0.1, -0.05) is 12.1 Å². The van der Waals surface area contributed by atoms with Gasteiger partial charge in [0.25, 0.3) is 0 Å². The van der Waals surface area contributed by atoms with Gasteiger partial charge in [-0.3, -0.25) is 4.90 Å². The molecule has 0 aromatic heterocycles. The summed E-state index contributed by atoms with van der Waals surface area (Å²) >= 11 is 0. The SMILES string of the molecule is c1cc2c(cc1CN1CCN(CCCOc3ccc4c(c3)OCO4)CC1)CCO2. The Morgan fingerprint density at radius 2 is 1.66 bits per heavy atom. The second kappa shape index (κ2) is 8.51. The zero-order chi connectivity index (χ0) is 19.5. The predicted molar refractivity (Wildman–Crippen MR) is 110 cm³/mol. The Hall–Kier alpha value is -2.44. The van der Waals surface area contributed by atoms with Gasteiger partial charge in [0, 0.05) is 51.8 Å². The molecule has 0 spiro atoms. The molecule has 0 radical (unpaired) electrons. The minimum Gasteiger partial charge on any atom is -0.493 e. The van der Waals surface area contributed by atoms with E-state index in [1.165, 1.54) is 11.1 Å². The van der Waals surface area contributed by atoms with Crippen LogP contribution < -0.4 is 18.9 Å². The highest BCUT2D eigenvalue weighted by Crippen LogP contribution is 2.35. The summed E-state index contributed by atoms with van der Waals surface area (Å²) in [7, 11) is 0. The highest BCUT2D eigenvalue weighted by atomic mass is 16.7. The van der Waals surface area contributed by atoms with Gasteiger partial charge in [0.2, 0.25) is 6.79 Å². The quantitative estimate of drug-likeness (QED) is 0.671. The van der Waals surface area contributed by atoms with Crippen LogP contribution in [0.5, 0.6) is 23.0 Å². The summed E-state index contributed by atoms with van der Waals surface area (Å²) in [5, 5.41) is 0. The maximum atomic E-state index is 5.88. The van der Waals surface area contributed by atoms with E-state index < -0.39 is 0 Å². The molecule has 0 bridgehead atoms. The monoisotopic (exact) mass is 396 g/mol. The highest BCUT2D eigenvalue weighted by Gasteiger charge is 2.18. The van der Waals surface area contributed by atoms with Gasteiger partial charge in [0.15, 0.2) is 11.5 Å². The van der Waals surface area contributed by atoms with Crippen molar-refractivity contribution in [2.75, 3.05) is 52.7 Å². The first-order chi connectivity index (χ1) is 14.3. The Morgan fingerprint density at radius 3 is 2.59 bits per heavy atom. The Balaban J connectivity index is 1.01. The van der Waals surface area contributed by atoms with Crippen LogP contribution in [-0.2, 0) is 13.0 Å². The van der Waals surface area contributed by atoms with Crippen molar-refractivity contribution in [3.8, 4) is 23.0 Å². The summed E-state index contributed by atoms with van der Waals surface area (Å²) in [5.41, 5.74) is 2.77. The van der Waals surface area contributed by atoms with Gasteiger partial charge in [0.05, 0.1) is 13.2 Å². The summed E-state index contributed by atoms with van der Waals surface area (Å²) in [5.74, 6) is 3.48. The van der Waals surface area contributed by atoms with Gasteiger partial charge >= 0.3 is 0 Å². The van der Waals surface area contributed by atoms with Gasteiger partial charge in [0.1, 0.15) is 11.5 Å². The van der Waals surface area contributed by atoms with Gasteiger partial charge < -0.3 is 23.8 Å². The van der Waals surface area contributed by atoms with Crippen molar-refractivity contribution in [3.63, 3.8) is 0 Å². The second-order valence-corrected chi connectivity index (χ2v) is 7.88. The summed E-state index contributed by atoms with van der Waals surface area (Å²) in [6, 6.07) is 12.4. The lowest BCUT2D eigenvalue weighted by molar-refractivity contribution is 0.121. The fourth-order valence-electron chi connectivity index (χ4n) is 4.21. The molecule has 2 aromatic rings. The molecule has 1 saturated heterocycles. The van der Waals surface area contributed by atoms with Gasteiger partial charge in [-0.25, -0.2) is 0 Å². The van der Waals surface area contributed by atoms with Crippen LogP contribution in [0.1, 0.15) is 17.5 Å². The van der Waals surface area contributed by atoms with Gasteiger partial charge in [-0.2, -0.15) is 0 Å². The minimum atomic E-state index is 0.297. The fourth-order valence-corrected chi connectivity index (χ4v) is 4.21. The van der Waals surface area contributed by atoms with Crippen molar-refractivity contribution in [2.24, 2.45) is 0 Å². The number of hydrogen-bond acceptors (Lipinski definition) is 6. The number of nitrogens with zero attached hydrogens (tertiary/aromatic N) is 2. The largest absolute Gasteiger partial charge is 0.493 e. The lowest BCUT2D eigenvalue weighted by Gasteiger charge is -2.34. The Bertz CT molecular complexity index is 846. The Kier molecular flexibility index (Phi) is 5.45. The standard InChI is InChI=1S/C23H28N2O4/c1(12-26-20-3-5-22-23(15-20)29-17-28-22)7-24-8-10-25(11-9-24)16-18-2-4-21-19(14-18)6-13-27-21/h2-5,14-15H,1,6-13,16-17H2. The number of ether oxygens (including phenoxy) is 4. The Labute approximate surface area is 171 Å². The van der Waals surface area contributed by atoms with Crippen LogP contribution in [0.2, 0.25) is 0 Å². The molecule has 3 heterocycles. The molecule has 0 N–H and O–H groups in total. The molecule has 3 aliphatic heterocycles. The van der Waals surface area contributed by atoms with Crippen molar-refractivity contribution >= 4 is 0 Å². The van der Waals surface area contributed by atoms with Gasteiger partial charge in [-0.05, 0) is 35.7 Å². The molecular formula is C23H28N2O4. The minimum absolute atomic E-state index is 0.297. The van der Waals surface area contributed by atoms with E-state index in [9.17, 15) is 0 Å². The molecule has 6 nitrogen and oxygen atoms in total. The summed E-state index contributed by atoms with van der Waals surface area (Å²) in [6.45, 7) is 8.45. The molecule has 0 unspecified atom stereocenters. The van der Waals surface area contributed by atoms with Crippen molar-refractivity contribution in [1.29, 1.82) is 0 Å². The van der Waals surface area contributed by atoms with E-state index in [1.807, 2.05) is 18.2 Å². The van der Waals surface area contributed by atoms with Crippen LogP contribution in [0.4, 0.5) is 0 Å². The van der Waals surface area contributed by atoms with Crippen LogP contribution in [-0.4, -0.2) is 62.5 Å². The molecule has 29 heavy (non-hydrogen) atoms. The van der Waals surface area contributed by atoms with Crippen LogP contribution in [0.15, 0.2) is 36.4 Å². The number of rotatable bonds is 7. The third-order valence-corrected chi connectivity index (χ3v) is 5.86. The Morgan fingerprint density at radius 1 is 0.828 bits per heavy atom. The number of fused-ring (bicyclic) bond motifs is 2. The van der Waals surface area contributed by atoms with Crippen molar-refractivity contribution in [1.82, 2.24) is 9.80 Å². The molecule has 5 rings (SSSR count). The van der Waals surface area contributed by atoms with E-state index in [4.69, 9.17) is 18.9 Å². The zero-order valence-corrected chi connectivity index (χ0v) is 16.8.